The number of anilines is 2. The van der Waals surface area contributed by atoms with Crippen molar-refractivity contribution in [1.29, 1.82) is 0 Å². The number of thiazole rings is 1. The normalized spacial score (nSPS) is 14.3. The molecule has 0 saturated carbocycles. The van der Waals surface area contributed by atoms with Gasteiger partial charge < -0.3 is 9.80 Å². The van der Waals surface area contributed by atoms with Crippen LogP contribution in [0.5, 0.6) is 0 Å². The van der Waals surface area contributed by atoms with Gasteiger partial charge in [0.15, 0.2) is 16.6 Å². The van der Waals surface area contributed by atoms with E-state index in [1.54, 1.807) is 30.5 Å². The molecule has 8 nitrogen and oxygen atoms in total. The molecule has 1 aliphatic heterocycles. The maximum atomic E-state index is 12.2. The number of hydrogen-bond acceptors (Lipinski definition) is 7. The highest BCUT2D eigenvalue weighted by Crippen LogP contribution is 2.32. The lowest BCUT2D eigenvalue weighted by atomic mass is 10.2. The molecule has 128 valence electrons. The summed E-state index contributed by atoms with van der Waals surface area (Å²) >= 11 is 1.51. The maximum absolute atomic E-state index is 12.2. The largest absolute Gasteiger partial charge is 0.343 e. The number of likely N-dealkylation sites (N-methyl/N-ethyl adjacent to an activating group) is 1. The fourth-order valence-corrected chi connectivity index (χ4v) is 3.40. The molecule has 1 amide bonds. The number of aromatic nitrogens is 5. The molecule has 0 N–H and O–H groups in total. The fraction of sp³-hybridized carbons (Fsp3) is 0.312. The lowest BCUT2D eigenvalue weighted by Gasteiger charge is -2.36. The van der Waals surface area contributed by atoms with E-state index < -0.39 is 0 Å². The van der Waals surface area contributed by atoms with Crippen molar-refractivity contribution >= 4 is 28.7 Å². The summed E-state index contributed by atoms with van der Waals surface area (Å²) in [4.78, 5) is 33.7. The molecule has 25 heavy (non-hydrogen) atoms. The lowest BCUT2D eigenvalue weighted by molar-refractivity contribution is -0.117. The Morgan fingerprint density at radius 3 is 2.76 bits per heavy atom. The highest BCUT2D eigenvalue weighted by molar-refractivity contribution is 7.13. The van der Waals surface area contributed by atoms with E-state index in [4.69, 9.17) is 4.98 Å². The molecule has 0 radical (unpaired) electrons. The van der Waals surface area contributed by atoms with Gasteiger partial charge in [-0.2, -0.15) is 4.98 Å². The Morgan fingerprint density at radius 2 is 2.04 bits per heavy atom. The van der Waals surface area contributed by atoms with Crippen molar-refractivity contribution in [3.63, 3.8) is 0 Å². The first-order chi connectivity index (χ1) is 12.1. The summed E-state index contributed by atoms with van der Waals surface area (Å²) in [5, 5.41) is 2.71. The fourth-order valence-electron chi connectivity index (χ4n) is 2.77. The Bertz CT molecular complexity index is 918. The Labute approximate surface area is 148 Å². The van der Waals surface area contributed by atoms with E-state index >= 15 is 0 Å². The average Bonchev–Trinajstić information content (AvgIpc) is 3.27. The third kappa shape index (κ3) is 2.56. The van der Waals surface area contributed by atoms with Crippen LogP contribution in [0.25, 0.3) is 16.8 Å². The number of carbonyl (C=O) groups is 1. The van der Waals surface area contributed by atoms with E-state index in [0.717, 1.165) is 10.8 Å². The van der Waals surface area contributed by atoms with Crippen molar-refractivity contribution in [3.8, 4) is 16.8 Å². The van der Waals surface area contributed by atoms with E-state index in [0.29, 0.717) is 24.0 Å². The molecule has 3 aromatic rings. The minimum Gasteiger partial charge on any atom is -0.343 e. The quantitative estimate of drug-likeness (QED) is 0.715. The van der Waals surface area contributed by atoms with Crippen LogP contribution in [0.1, 0.15) is 13.8 Å². The Hall–Kier alpha value is -2.81. The third-order valence-corrected chi connectivity index (χ3v) is 4.92. The lowest BCUT2D eigenvalue weighted by Crippen LogP contribution is -2.47. The summed E-state index contributed by atoms with van der Waals surface area (Å²) in [5.41, 5.74) is 0.713. The molecule has 0 aliphatic carbocycles. The molecule has 9 heteroatoms. The van der Waals surface area contributed by atoms with Crippen molar-refractivity contribution in [2.45, 2.75) is 19.9 Å². The van der Waals surface area contributed by atoms with Crippen LogP contribution in [-0.2, 0) is 4.79 Å². The average molecular weight is 355 g/mol. The second kappa shape index (κ2) is 5.92. The Kier molecular flexibility index (Phi) is 3.72. The zero-order valence-electron chi connectivity index (χ0n) is 14.1. The molecular formula is C16H17N7OS. The number of amides is 1. The van der Waals surface area contributed by atoms with Crippen LogP contribution in [-0.4, -0.2) is 50.0 Å². The van der Waals surface area contributed by atoms with Gasteiger partial charge in [0.05, 0.1) is 12.7 Å². The molecule has 0 bridgehead atoms. The van der Waals surface area contributed by atoms with Gasteiger partial charge in [0.2, 0.25) is 11.9 Å². The number of nitrogens with zero attached hydrogens (tertiary/aromatic N) is 7. The van der Waals surface area contributed by atoms with Crippen molar-refractivity contribution in [1.82, 2.24) is 24.5 Å². The van der Waals surface area contributed by atoms with E-state index in [1.807, 2.05) is 34.9 Å². The van der Waals surface area contributed by atoms with Gasteiger partial charge in [0.25, 0.3) is 0 Å². The molecule has 1 aliphatic rings. The maximum Gasteiger partial charge on any atom is 0.246 e. The van der Waals surface area contributed by atoms with E-state index in [1.165, 1.54) is 11.3 Å². The van der Waals surface area contributed by atoms with Crippen LogP contribution in [0.4, 0.5) is 11.5 Å². The minimum atomic E-state index is 0.0312. The molecule has 0 spiro atoms. The number of fused-ring (bicyclic) bond motifs is 1. The molecular weight excluding hydrogens is 338 g/mol. The second-order valence-electron chi connectivity index (χ2n) is 6.01. The van der Waals surface area contributed by atoms with Crippen LogP contribution in [0.3, 0.4) is 0 Å². The molecule has 0 aromatic carbocycles. The predicted octanol–water partition coefficient (Wildman–Crippen LogP) is 1.98. The van der Waals surface area contributed by atoms with E-state index in [9.17, 15) is 4.79 Å². The van der Waals surface area contributed by atoms with E-state index in [-0.39, 0.29) is 11.9 Å². The van der Waals surface area contributed by atoms with Crippen LogP contribution in [0.15, 0.2) is 30.2 Å². The van der Waals surface area contributed by atoms with Crippen LogP contribution in [0, 0.1) is 0 Å². The number of hydrogen-bond donors (Lipinski definition) is 0. The molecule has 4 rings (SSSR count). The highest BCUT2D eigenvalue weighted by Gasteiger charge is 2.30. The topological polar surface area (TPSA) is 80.0 Å². The third-order valence-electron chi connectivity index (χ3n) is 4.15. The van der Waals surface area contributed by atoms with Gasteiger partial charge in [-0.25, -0.2) is 15.0 Å². The summed E-state index contributed by atoms with van der Waals surface area (Å²) in [6, 6.07) is 0.153. The Balaban J connectivity index is 1.83. The molecule has 0 atom stereocenters. The zero-order valence-corrected chi connectivity index (χ0v) is 14.9. The highest BCUT2D eigenvalue weighted by atomic mass is 32.1. The molecule has 0 saturated heterocycles. The summed E-state index contributed by atoms with van der Waals surface area (Å²) in [5.74, 6) is 1.99. The summed E-state index contributed by atoms with van der Waals surface area (Å²) in [6.45, 7) is 4.39. The summed E-state index contributed by atoms with van der Waals surface area (Å²) in [7, 11) is 1.75. The predicted molar refractivity (Wildman–Crippen MR) is 96.2 cm³/mol. The van der Waals surface area contributed by atoms with Gasteiger partial charge in [-0.3, -0.25) is 9.36 Å². The molecule has 4 heterocycles. The van der Waals surface area contributed by atoms with Gasteiger partial charge in [0, 0.05) is 37.1 Å². The standard InChI is InChI=1S/C16H17N7OS/c1-10(2)23-9-12(24)21(3)11-8-19-16(20-13(11)23)22-6-4-17-14(22)15-18-5-7-25-15/h4-8,10H,9H2,1-3H3. The first-order valence-corrected chi connectivity index (χ1v) is 8.78. The Morgan fingerprint density at radius 1 is 1.20 bits per heavy atom. The molecule has 0 fully saturated rings. The van der Waals surface area contributed by atoms with Crippen molar-refractivity contribution < 1.29 is 4.79 Å². The van der Waals surface area contributed by atoms with Gasteiger partial charge in [-0.05, 0) is 13.8 Å². The second-order valence-corrected chi connectivity index (χ2v) is 6.91. The first-order valence-electron chi connectivity index (χ1n) is 7.90. The van der Waals surface area contributed by atoms with E-state index in [2.05, 4.69) is 15.0 Å². The van der Waals surface area contributed by atoms with Gasteiger partial charge in [-0.1, -0.05) is 0 Å². The zero-order chi connectivity index (χ0) is 17.6. The van der Waals surface area contributed by atoms with Crippen molar-refractivity contribution in [2.75, 3.05) is 23.4 Å². The SMILES string of the molecule is CC(C)N1CC(=O)N(C)c2cnc(-n3ccnc3-c3nccs3)nc21. The summed E-state index contributed by atoms with van der Waals surface area (Å²) < 4.78 is 1.81. The van der Waals surface area contributed by atoms with Crippen LogP contribution >= 0.6 is 11.3 Å². The number of imidazole rings is 1. The van der Waals surface area contributed by atoms with Gasteiger partial charge >= 0.3 is 0 Å². The van der Waals surface area contributed by atoms with Crippen LogP contribution in [0.2, 0.25) is 0 Å². The molecule has 3 aromatic heterocycles. The van der Waals surface area contributed by atoms with Gasteiger partial charge in [-0.15, -0.1) is 11.3 Å². The smallest absolute Gasteiger partial charge is 0.246 e. The number of rotatable bonds is 3. The minimum absolute atomic E-state index is 0.0312. The van der Waals surface area contributed by atoms with Crippen LogP contribution < -0.4 is 9.80 Å². The van der Waals surface area contributed by atoms with Crippen molar-refractivity contribution in [2.24, 2.45) is 0 Å². The monoisotopic (exact) mass is 355 g/mol. The summed E-state index contributed by atoms with van der Waals surface area (Å²) in [6.07, 6.45) is 6.95. The van der Waals surface area contributed by atoms with Crippen molar-refractivity contribution in [3.05, 3.63) is 30.2 Å². The number of carbonyl (C=O) groups excluding carboxylic acids is 1. The van der Waals surface area contributed by atoms with Gasteiger partial charge in [0.1, 0.15) is 5.69 Å². The molecule has 0 unspecified atom stereocenters. The first kappa shape index (κ1) is 15.7.